The van der Waals surface area contributed by atoms with E-state index in [1.165, 1.54) is 10.9 Å². The molecule has 0 N–H and O–H groups in total. The monoisotopic (exact) mass is 288 g/mol. The zero-order chi connectivity index (χ0) is 13.3. The molecule has 2 rings (SSSR count). The van der Waals surface area contributed by atoms with Crippen molar-refractivity contribution in [3.05, 3.63) is 16.8 Å². The normalized spacial score (nSPS) is 11.2. The molecule has 2 aromatic rings. The van der Waals surface area contributed by atoms with Gasteiger partial charge < -0.3 is 9.30 Å². The maximum absolute atomic E-state index is 11.6. The van der Waals surface area contributed by atoms with E-state index in [2.05, 4.69) is 15.0 Å². The number of carbonyl (C=O) groups is 1. The predicted molar refractivity (Wildman–Crippen MR) is 66.6 cm³/mol. The van der Waals surface area contributed by atoms with Crippen LogP contribution in [0.5, 0.6) is 0 Å². The minimum Gasteiger partial charge on any atom is -0.462 e. The van der Waals surface area contributed by atoms with Crippen molar-refractivity contribution in [3.8, 4) is 0 Å². The van der Waals surface area contributed by atoms with Gasteiger partial charge in [-0.2, -0.15) is 4.98 Å². The first kappa shape index (κ1) is 13.0. The highest BCUT2D eigenvalue weighted by molar-refractivity contribution is 6.35. The van der Waals surface area contributed by atoms with Gasteiger partial charge in [0.15, 0.2) is 10.8 Å². The standard InChI is InChI=1S/C10H10Cl2N4O2/c1-5(2)18-6(17)3-16-4-13-7-8(11)14-10(12)15-9(7)16/h4-5H,3H2,1-2H3. The van der Waals surface area contributed by atoms with E-state index in [1.54, 1.807) is 13.8 Å². The van der Waals surface area contributed by atoms with Crippen LogP contribution in [0.2, 0.25) is 10.4 Å². The third-order valence-corrected chi connectivity index (χ3v) is 2.49. The molecule has 0 amide bonds. The second-order valence-corrected chi connectivity index (χ2v) is 4.56. The molecule has 0 fully saturated rings. The summed E-state index contributed by atoms with van der Waals surface area (Å²) < 4.78 is 6.55. The highest BCUT2D eigenvalue weighted by Crippen LogP contribution is 2.20. The summed E-state index contributed by atoms with van der Waals surface area (Å²) in [4.78, 5) is 23.3. The van der Waals surface area contributed by atoms with Gasteiger partial charge in [0, 0.05) is 0 Å². The fourth-order valence-corrected chi connectivity index (χ4v) is 1.86. The van der Waals surface area contributed by atoms with Crippen LogP contribution in [-0.2, 0) is 16.1 Å². The van der Waals surface area contributed by atoms with Crippen LogP contribution in [0, 0.1) is 0 Å². The molecule has 0 bridgehead atoms. The minimum atomic E-state index is -0.379. The number of esters is 1. The van der Waals surface area contributed by atoms with Crippen molar-refractivity contribution in [2.45, 2.75) is 26.5 Å². The van der Waals surface area contributed by atoms with Crippen LogP contribution in [0.1, 0.15) is 13.8 Å². The Balaban J connectivity index is 2.32. The van der Waals surface area contributed by atoms with E-state index in [0.29, 0.717) is 11.2 Å². The Morgan fingerprint density at radius 3 is 2.83 bits per heavy atom. The molecule has 0 spiro atoms. The second-order valence-electron chi connectivity index (χ2n) is 3.87. The van der Waals surface area contributed by atoms with Gasteiger partial charge in [0.2, 0.25) is 5.28 Å². The molecule has 0 aliphatic heterocycles. The van der Waals surface area contributed by atoms with Gasteiger partial charge in [-0.25, -0.2) is 9.97 Å². The average Bonchev–Trinajstić information content (AvgIpc) is 2.60. The summed E-state index contributed by atoms with van der Waals surface area (Å²) in [5, 5.41) is 0.160. The Morgan fingerprint density at radius 2 is 2.17 bits per heavy atom. The molecule has 0 aliphatic rings. The van der Waals surface area contributed by atoms with Gasteiger partial charge in [0.05, 0.1) is 12.4 Å². The molecule has 0 atom stereocenters. The van der Waals surface area contributed by atoms with E-state index in [-0.39, 0.29) is 29.1 Å². The van der Waals surface area contributed by atoms with Gasteiger partial charge in [-0.3, -0.25) is 4.79 Å². The first-order valence-corrected chi connectivity index (χ1v) is 5.96. The molecular formula is C10H10Cl2N4O2. The molecule has 2 heterocycles. The fraction of sp³-hybridized carbons (Fsp3) is 0.400. The molecular weight excluding hydrogens is 279 g/mol. The van der Waals surface area contributed by atoms with Gasteiger partial charge in [-0.15, -0.1) is 0 Å². The van der Waals surface area contributed by atoms with Crippen molar-refractivity contribution in [2.75, 3.05) is 0 Å². The van der Waals surface area contributed by atoms with Crippen molar-refractivity contribution in [2.24, 2.45) is 0 Å². The van der Waals surface area contributed by atoms with Gasteiger partial charge in [-0.05, 0) is 25.4 Å². The van der Waals surface area contributed by atoms with E-state index < -0.39 is 0 Å². The SMILES string of the molecule is CC(C)OC(=O)Cn1cnc2c(Cl)nc(Cl)nc21. The summed E-state index contributed by atoms with van der Waals surface area (Å²) >= 11 is 11.6. The summed E-state index contributed by atoms with van der Waals surface area (Å²) in [6.07, 6.45) is 1.28. The van der Waals surface area contributed by atoms with Crippen molar-refractivity contribution >= 4 is 40.3 Å². The molecule has 0 aromatic carbocycles. The van der Waals surface area contributed by atoms with Gasteiger partial charge in [-0.1, -0.05) is 11.6 Å². The van der Waals surface area contributed by atoms with E-state index in [0.717, 1.165) is 0 Å². The molecule has 96 valence electrons. The van der Waals surface area contributed by atoms with Gasteiger partial charge >= 0.3 is 5.97 Å². The molecule has 0 saturated heterocycles. The molecule has 0 aliphatic carbocycles. The maximum Gasteiger partial charge on any atom is 0.326 e. The molecule has 0 saturated carbocycles. The third-order valence-electron chi connectivity index (χ3n) is 2.06. The first-order valence-electron chi connectivity index (χ1n) is 5.20. The van der Waals surface area contributed by atoms with Crippen LogP contribution in [0.25, 0.3) is 11.2 Å². The van der Waals surface area contributed by atoms with E-state index >= 15 is 0 Å². The van der Waals surface area contributed by atoms with E-state index in [9.17, 15) is 4.79 Å². The molecule has 2 aromatic heterocycles. The highest BCUT2D eigenvalue weighted by atomic mass is 35.5. The predicted octanol–water partition coefficient (Wildman–Crippen LogP) is 2.08. The van der Waals surface area contributed by atoms with Gasteiger partial charge in [0.25, 0.3) is 0 Å². The smallest absolute Gasteiger partial charge is 0.326 e. The Hall–Kier alpha value is -1.40. The largest absolute Gasteiger partial charge is 0.462 e. The molecule has 0 radical (unpaired) electrons. The lowest BCUT2D eigenvalue weighted by molar-refractivity contribution is -0.148. The summed E-state index contributed by atoms with van der Waals surface area (Å²) in [5.41, 5.74) is 0.805. The quantitative estimate of drug-likeness (QED) is 0.491. The Labute approximate surface area is 113 Å². The van der Waals surface area contributed by atoms with Crippen LogP contribution < -0.4 is 0 Å². The van der Waals surface area contributed by atoms with E-state index in [1.807, 2.05) is 0 Å². The molecule has 6 nitrogen and oxygen atoms in total. The second kappa shape index (κ2) is 5.07. The summed E-state index contributed by atoms with van der Waals surface area (Å²) in [7, 11) is 0. The fourth-order valence-electron chi connectivity index (χ4n) is 1.44. The summed E-state index contributed by atoms with van der Waals surface area (Å²) in [5.74, 6) is -0.379. The van der Waals surface area contributed by atoms with Crippen LogP contribution in [0.4, 0.5) is 0 Å². The maximum atomic E-state index is 11.6. The number of halogens is 2. The minimum absolute atomic E-state index is 0.00164. The Bertz CT molecular complexity index is 597. The van der Waals surface area contributed by atoms with Crippen LogP contribution in [0.15, 0.2) is 6.33 Å². The zero-order valence-electron chi connectivity index (χ0n) is 9.72. The average molecular weight is 289 g/mol. The number of nitrogens with zero attached hydrogens (tertiary/aromatic N) is 4. The summed E-state index contributed by atoms with van der Waals surface area (Å²) in [6.45, 7) is 3.55. The number of fused-ring (bicyclic) bond motifs is 1. The van der Waals surface area contributed by atoms with Crippen LogP contribution >= 0.6 is 23.2 Å². The lowest BCUT2D eigenvalue weighted by Crippen LogP contribution is -2.17. The van der Waals surface area contributed by atoms with Crippen molar-refractivity contribution in [1.82, 2.24) is 19.5 Å². The van der Waals surface area contributed by atoms with Crippen LogP contribution in [0.3, 0.4) is 0 Å². The number of ether oxygens (including phenoxy) is 1. The number of rotatable bonds is 3. The zero-order valence-corrected chi connectivity index (χ0v) is 11.2. The number of hydrogen-bond donors (Lipinski definition) is 0. The molecule has 18 heavy (non-hydrogen) atoms. The Kier molecular flexibility index (Phi) is 3.68. The topological polar surface area (TPSA) is 69.9 Å². The lowest BCUT2D eigenvalue weighted by atomic mass is 10.5. The number of carbonyl (C=O) groups excluding carboxylic acids is 1. The Morgan fingerprint density at radius 1 is 1.44 bits per heavy atom. The lowest BCUT2D eigenvalue weighted by Gasteiger charge is -2.08. The summed E-state index contributed by atoms with van der Waals surface area (Å²) in [6, 6.07) is 0. The van der Waals surface area contributed by atoms with Crippen molar-refractivity contribution < 1.29 is 9.53 Å². The number of aromatic nitrogens is 4. The van der Waals surface area contributed by atoms with Gasteiger partial charge in [0.1, 0.15) is 12.1 Å². The number of hydrogen-bond acceptors (Lipinski definition) is 5. The third kappa shape index (κ3) is 2.70. The molecule has 8 heteroatoms. The molecule has 0 unspecified atom stereocenters. The van der Waals surface area contributed by atoms with Crippen molar-refractivity contribution in [3.63, 3.8) is 0 Å². The van der Waals surface area contributed by atoms with E-state index in [4.69, 9.17) is 27.9 Å². The highest BCUT2D eigenvalue weighted by Gasteiger charge is 2.14. The van der Waals surface area contributed by atoms with Crippen LogP contribution in [-0.4, -0.2) is 31.6 Å². The first-order chi connectivity index (χ1) is 8.47. The number of imidazole rings is 1. The van der Waals surface area contributed by atoms with Crippen molar-refractivity contribution in [1.29, 1.82) is 0 Å².